The molecule has 0 amide bonds. The smallest absolute Gasteiger partial charge is 0.200 e. The number of aliphatic imine (C=N–C) groups is 1. The quantitative estimate of drug-likeness (QED) is 0.384. The Morgan fingerprint density at radius 2 is 1.88 bits per heavy atom. The Morgan fingerprint density at radius 1 is 1.15 bits per heavy atom. The number of hydrogen-bond acceptors (Lipinski definition) is 3. The molecule has 0 N–H and O–H groups in total. The lowest BCUT2D eigenvalue weighted by Gasteiger charge is -2.12. The van der Waals surface area contributed by atoms with Gasteiger partial charge in [0.05, 0.1) is 12.0 Å². The van der Waals surface area contributed by atoms with Crippen molar-refractivity contribution < 1.29 is 9.53 Å². The molecule has 0 unspecified atom stereocenters. The molecule has 26 heavy (non-hydrogen) atoms. The van der Waals surface area contributed by atoms with Gasteiger partial charge in [-0.25, -0.2) is 4.99 Å². The number of benzene rings is 2. The fraction of sp³-hybridized carbons (Fsp3) is 0.333. The van der Waals surface area contributed by atoms with E-state index in [1.165, 1.54) is 0 Å². The van der Waals surface area contributed by atoms with Crippen LogP contribution in [0.4, 0.5) is 5.69 Å². The van der Waals surface area contributed by atoms with Crippen LogP contribution in [0.25, 0.3) is 0 Å². The van der Waals surface area contributed by atoms with Gasteiger partial charge in [0.15, 0.2) is 12.4 Å². The third kappa shape index (κ3) is 5.09. The van der Waals surface area contributed by atoms with Crippen LogP contribution in [0.1, 0.15) is 34.0 Å². The average molecular weight is 373 g/mol. The molecule has 4 nitrogen and oxygen atoms in total. The number of ketones is 1. The molecule has 0 fully saturated rings. The van der Waals surface area contributed by atoms with E-state index in [9.17, 15) is 4.79 Å². The number of nitrogens with zero attached hydrogens (tertiary/aromatic N) is 2. The largest absolute Gasteiger partial charge is 0.485 e. The van der Waals surface area contributed by atoms with Crippen molar-refractivity contribution in [1.82, 2.24) is 4.90 Å². The molecule has 0 radical (unpaired) electrons. The van der Waals surface area contributed by atoms with Gasteiger partial charge in [-0.3, -0.25) is 4.79 Å². The second kappa shape index (κ2) is 8.86. The van der Waals surface area contributed by atoms with Gasteiger partial charge < -0.3 is 9.64 Å². The van der Waals surface area contributed by atoms with Gasteiger partial charge in [0, 0.05) is 24.2 Å². The first-order chi connectivity index (χ1) is 12.3. The molecule has 5 heteroatoms. The summed E-state index contributed by atoms with van der Waals surface area (Å²) < 4.78 is 5.68. The summed E-state index contributed by atoms with van der Waals surface area (Å²) >= 11 is 5.99. The second-order valence-corrected chi connectivity index (χ2v) is 6.83. The molecule has 0 saturated heterocycles. The Labute approximate surface area is 160 Å². The molecule has 0 spiro atoms. The van der Waals surface area contributed by atoms with Gasteiger partial charge in [0.1, 0.15) is 5.75 Å². The van der Waals surface area contributed by atoms with E-state index in [2.05, 4.69) is 11.9 Å². The Bertz CT molecular complexity index is 831. The van der Waals surface area contributed by atoms with E-state index in [-0.39, 0.29) is 12.4 Å². The van der Waals surface area contributed by atoms with Gasteiger partial charge in [-0.1, -0.05) is 17.7 Å². The maximum absolute atomic E-state index is 12.6. The minimum atomic E-state index is -0.0637. The van der Waals surface area contributed by atoms with Crippen LogP contribution in [0.15, 0.2) is 35.3 Å². The van der Waals surface area contributed by atoms with Gasteiger partial charge in [-0.2, -0.15) is 0 Å². The van der Waals surface area contributed by atoms with Crippen LogP contribution < -0.4 is 4.74 Å². The molecule has 138 valence electrons. The molecule has 0 aliphatic rings. The average Bonchev–Trinajstić information content (AvgIpc) is 2.62. The topological polar surface area (TPSA) is 41.9 Å². The summed E-state index contributed by atoms with van der Waals surface area (Å²) in [6.45, 7) is 8.72. The number of hydrogen-bond donors (Lipinski definition) is 0. The summed E-state index contributed by atoms with van der Waals surface area (Å²) in [7, 11) is 1.97. The Kier molecular flexibility index (Phi) is 6.81. The Morgan fingerprint density at radius 3 is 2.58 bits per heavy atom. The van der Waals surface area contributed by atoms with E-state index < -0.39 is 0 Å². The molecule has 0 heterocycles. The third-order valence-corrected chi connectivity index (χ3v) is 4.48. The van der Waals surface area contributed by atoms with E-state index >= 15 is 0 Å². The van der Waals surface area contributed by atoms with Crippen molar-refractivity contribution in [2.45, 2.75) is 27.7 Å². The highest BCUT2D eigenvalue weighted by Gasteiger charge is 2.13. The Hall–Kier alpha value is -2.33. The van der Waals surface area contributed by atoms with E-state index in [1.807, 2.05) is 50.9 Å². The van der Waals surface area contributed by atoms with Gasteiger partial charge in [-0.05, 0) is 68.7 Å². The minimum Gasteiger partial charge on any atom is -0.485 e. The van der Waals surface area contributed by atoms with Crippen molar-refractivity contribution in [2.75, 3.05) is 20.2 Å². The molecule has 0 bridgehead atoms. The maximum Gasteiger partial charge on any atom is 0.200 e. The summed E-state index contributed by atoms with van der Waals surface area (Å²) in [6, 6.07) is 9.22. The predicted molar refractivity (Wildman–Crippen MR) is 108 cm³/mol. The lowest BCUT2D eigenvalue weighted by atomic mass is 10.0. The highest BCUT2D eigenvalue weighted by Crippen LogP contribution is 2.25. The third-order valence-electron chi connectivity index (χ3n) is 4.25. The van der Waals surface area contributed by atoms with Crippen LogP contribution in [-0.2, 0) is 0 Å². The van der Waals surface area contributed by atoms with E-state index in [1.54, 1.807) is 18.5 Å². The SMILES string of the molecule is CCN(C)/C=N\c1cc(C)c(C(=O)COc2cc(Cl)ccc2C)cc1C. The molecule has 0 aromatic heterocycles. The number of aryl methyl sites for hydroxylation is 3. The molecule has 0 aliphatic heterocycles. The number of carbonyl (C=O) groups is 1. The fourth-order valence-electron chi connectivity index (χ4n) is 2.43. The summed E-state index contributed by atoms with van der Waals surface area (Å²) in [5.41, 5.74) is 4.31. The first kappa shape index (κ1) is 20.0. The summed E-state index contributed by atoms with van der Waals surface area (Å²) in [6.07, 6.45) is 1.80. The van der Waals surface area contributed by atoms with Crippen LogP contribution in [0.3, 0.4) is 0 Å². The zero-order chi connectivity index (χ0) is 19.3. The molecule has 2 aromatic rings. The Balaban J connectivity index is 2.15. The normalized spacial score (nSPS) is 11.0. The highest BCUT2D eigenvalue weighted by atomic mass is 35.5. The monoisotopic (exact) mass is 372 g/mol. The summed E-state index contributed by atoms with van der Waals surface area (Å²) in [5.74, 6) is 0.565. The zero-order valence-electron chi connectivity index (χ0n) is 16.0. The first-order valence-electron chi connectivity index (χ1n) is 8.59. The number of Topliss-reactive ketones (excluding diaryl/α,β-unsaturated/α-hetero) is 1. The van der Waals surface area contributed by atoms with Crippen molar-refractivity contribution in [1.29, 1.82) is 0 Å². The van der Waals surface area contributed by atoms with Gasteiger partial charge in [0.25, 0.3) is 0 Å². The molecular weight excluding hydrogens is 348 g/mol. The molecule has 2 aromatic carbocycles. The maximum atomic E-state index is 12.6. The van der Waals surface area contributed by atoms with Crippen LogP contribution in [0.2, 0.25) is 5.02 Å². The van der Waals surface area contributed by atoms with Crippen molar-refractivity contribution in [3.8, 4) is 5.75 Å². The molecule has 0 saturated carbocycles. The highest BCUT2D eigenvalue weighted by molar-refractivity contribution is 6.30. The number of halogens is 1. The van der Waals surface area contributed by atoms with Crippen LogP contribution in [0.5, 0.6) is 5.75 Å². The van der Waals surface area contributed by atoms with E-state index in [0.29, 0.717) is 16.3 Å². The first-order valence-corrected chi connectivity index (χ1v) is 8.97. The predicted octanol–water partition coefficient (Wildman–Crippen LogP) is 5.14. The lowest BCUT2D eigenvalue weighted by Crippen LogP contribution is -2.15. The number of ether oxygens (including phenoxy) is 1. The number of rotatable bonds is 7. The van der Waals surface area contributed by atoms with E-state index in [4.69, 9.17) is 16.3 Å². The molecule has 0 aliphatic carbocycles. The van der Waals surface area contributed by atoms with Crippen LogP contribution >= 0.6 is 11.6 Å². The van der Waals surface area contributed by atoms with Crippen molar-refractivity contribution in [3.63, 3.8) is 0 Å². The van der Waals surface area contributed by atoms with Crippen molar-refractivity contribution >= 4 is 29.4 Å². The van der Waals surface area contributed by atoms with Crippen molar-refractivity contribution in [2.24, 2.45) is 4.99 Å². The molecular formula is C21H25ClN2O2. The fourth-order valence-corrected chi connectivity index (χ4v) is 2.60. The summed E-state index contributed by atoms with van der Waals surface area (Å²) in [5, 5.41) is 0.587. The molecule has 0 atom stereocenters. The lowest BCUT2D eigenvalue weighted by molar-refractivity contribution is 0.0920. The van der Waals surface area contributed by atoms with E-state index in [0.717, 1.165) is 28.9 Å². The van der Waals surface area contributed by atoms with Crippen LogP contribution in [0, 0.1) is 20.8 Å². The zero-order valence-corrected chi connectivity index (χ0v) is 16.7. The van der Waals surface area contributed by atoms with Gasteiger partial charge in [0.2, 0.25) is 0 Å². The summed E-state index contributed by atoms with van der Waals surface area (Å²) in [4.78, 5) is 19.1. The molecule has 2 rings (SSSR count). The van der Waals surface area contributed by atoms with Crippen LogP contribution in [-0.4, -0.2) is 37.2 Å². The standard InChI is InChI=1S/C21H25ClN2O2/c1-6-24(5)13-23-19-10-15(3)18(9-16(19)4)20(25)12-26-21-11-17(22)8-7-14(21)2/h7-11,13H,6,12H2,1-5H3/b23-13-. The van der Waals surface area contributed by atoms with Gasteiger partial charge >= 0.3 is 0 Å². The minimum absolute atomic E-state index is 0.0251. The van der Waals surface area contributed by atoms with Gasteiger partial charge in [-0.15, -0.1) is 0 Å². The number of carbonyl (C=O) groups excluding carboxylic acids is 1. The second-order valence-electron chi connectivity index (χ2n) is 6.39. The van der Waals surface area contributed by atoms with Crippen molar-refractivity contribution in [3.05, 3.63) is 57.6 Å².